The molecule has 17 heavy (non-hydrogen) atoms. The molecule has 0 aromatic heterocycles. The molecule has 0 aliphatic carbocycles. The van der Waals surface area contributed by atoms with E-state index in [1.807, 2.05) is 0 Å². The van der Waals surface area contributed by atoms with E-state index in [1.54, 1.807) is 13.1 Å². The van der Waals surface area contributed by atoms with Crippen LogP contribution in [-0.2, 0) is 6.54 Å². The molecule has 0 fully saturated rings. The Morgan fingerprint density at radius 3 is 2.29 bits per heavy atom. The molecule has 1 N–H and O–H groups in total. The fourth-order valence-corrected chi connectivity index (χ4v) is 1.06. The summed E-state index contributed by atoms with van der Waals surface area (Å²) in [6.45, 7) is 4.76. The molecule has 0 radical (unpaired) electrons. The van der Waals surface area contributed by atoms with E-state index in [1.165, 1.54) is 24.6 Å². The highest BCUT2D eigenvalue weighted by Gasteiger charge is 2.30. The standard InChI is InChI=1S/C9H10F3NO.C3H8/c1-13-6-7-3-2-4-8(5-7)14-9(10,11)12;1-3-2/h2-5,13H,6H2,1H3;3H2,1-2H3. The van der Waals surface area contributed by atoms with E-state index in [0.717, 1.165) is 5.56 Å². The van der Waals surface area contributed by atoms with Gasteiger partial charge in [0.25, 0.3) is 0 Å². The molecule has 1 aromatic rings. The summed E-state index contributed by atoms with van der Waals surface area (Å²) >= 11 is 0. The first-order valence-corrected chi connectivity index (χ1v) is 5.42. The Balaban J connectivity index is 0.000000770. The summed E-state index contributed by atoms with van der Waals surface area (Å²) in [5.74, 6) is -0.190. The van der Waals surface area contributed by atoms with Crippen LogP contribution in [0.2, 0.25) is 0 Å². The second-order valence-electron chi connectivity index (χ2n) is 3.43. The molecule has 0 spiro atoms. The molecule has 0 heterocycles. The molecule has 0 unspecified atom stereocenters. The van der Waals surface area contributed by atoms with Gasteiger partial charge >= 0.3 is 6.36 Å². The molecule has 1 rings (SSSR count). The summed E-state index contributed by atoms with van der Waals surface area (Å²) in [6, 6.07) is 5.87. The van der Waals surface area contributed by atoms with Crippen molar-refractivity contribution in [3.8, 4) is 5.75 Å². The van der Waals surface area contributed by atoms with Gasteiger partial charge in [-0.05, 0) is 24.7 Å². The van der Waals surface area contributed by atoms with Gasteiger partial charge < -0.3 is 10.1 Å². The van der Waals surface area contributed by atoms with Crippen molar-refractivity contribution in [1.82, 2.24) is 5.32 Å². The Bertz CT molecular complexity index is 313. The quantitative estimate of drug-likeness (QED) is 0.881. The Morgan fingerprint density at radius 2 is 1.82 bits per heavy atom. The van der Waals surface area contributed by atoms with Crippen LogP contribution < -0.4 is 10.1 Å². The minimum Gasteiger partial charge on any atom is -0.406 e. The number of hydrogen-bond acceptors (Lipinski definition) is 2. The zero-order chi connectivity index (χ0) is 13.3. The van der Waals surface area contributed by atoms with Crippen molar-refractivity contribution in [2.45, 2.75) is 33.2 Å². The summed E-state index contributed by atoms with van der Waals surface area (Å²) in [5.41, 5.74) is 0.745. The average molecular weight is 249 g/mol. The lowest BCUT2D eigenvalue weighted by Crippen LogP contribution is -2.17. The first-order chi connectivity index (χ1) is 7.92. The normalized spacial score (nSPS) is 10.5. The predicted molar refractivity (Wildman–Crippen MR) is 61.9 cm³/mol. The van der Waals surface area contributed by atoms with Crippen molar-refractivity contribution < 1.29 is 17.9 Å². The van der Waals surface area contributed by atoms with E-state index in [9.17, 15) is 13.2 Å². The summed E-state index contributed by atoms with van der Waals surface area (Å²) in [4.78, 5) is 0. The second-order valence-corrected chi connectivity index (χ2v) is 3.43. The Kier molecular flexibility index (Phi) is 7.37. The van der Waals surface area contributed by atoms with E-state index in [2.05, 4.69) is 23.9 Å². The van der Waals surface area contributed by atoms with Gasteiger partial charge in [0.15, 0.2) is 0 Å². The number of ether oxygens (including phenoxy) is 1. The van der Waals surface area contributed by atoms with Gasteiger partial charge in [0.2, 0.25) is 0 Å². The minimum absolute atomic E-state index is 0.190. The second kappa shape index (κ2) is 7.95. The van der Waals surface area contributed by atoms with Gasteiger partial charge in [0.05, 0.1) is 0 Å². The van der Waals surface area contributed by atoms with Crippen LogP contribution in [-0.4, -0.2) is 13.4 Å². The number of halogens is 3. The van der Waals surface area contributed by atoms with Gasteiger partial charge in [0, 0.05) is 6.54 Å². The third-order valence-corrected chi connectivity index (χ3v) is 1.51. The van der Waals surface area contributed by atoms with Crippen molar-refractivity contribution in [1.29, 1.82) is 0 Å². The van der Waals surface area contributed by atoms with Crippen LogP contribution in [0.5, 0.6) is 5.75 Å². The van der Waals surface area contributed by atoms with E-state index < -0.39 is 6.36 Å². The summed E-state index contributed by atoms with van der Waals surface area (Å²) < 4.78 is 39.2. The number of rotatable bonds is 3. The summed E-state index contributed by atoms with van der Waals surface area (Å²) in [7, 11) is 1.72. The highest BCUT2D eigenvalue weighted by molar-refractivity contribution is 5.28. The van der Waals surface area contributed by atoms with Gasteiger partial charge in [-0.3, -0.25) is 0 Å². The highest BCUT2D eigenvalue weighted by Crippen LogP contribution is 2.23. The van der Waals surface area contributed by atoms with Crippen LogP contribution in [0.25, 0.3) is 0 Å². The zero-order valence-corrected chi connectivity index (χ0v) is 10.3. The molecular weight excluding hydrogens is 231 g/mol. The predicted octanol–water partition coefficient (Wildman–Crippen LogP) is 3.72. The third kappa shape index (κ3) is 8.56. The van der Waals surface area contributed by atoms with Crippen molar-refractivity contribution in [2.75, 3.05) is 7.05 Å². The Morgan fingerprint density at radius 1 is 1.24 bits per heavy atom. The molecular formula is C12H18F3NO. The average Bonchev–Trinajstić information content (AvgIpc) is 2.17. The first kappa shape index (κ1) is 15.8. The van der Waals surface area contributed by atoms with E-state index in [4.69, 9.17) is 0 Å². The third-order valence-electron chi connectivity index (χ3n) is 1.51. The van der Waals surface area contributed by atoms with E-state index in [-0.39, 0.29) is 5.75 Å². The van der Waals surface area contributed by atoms with Crippen molar-refractivity contribution in [3.63, 3.8) is 0 Å². The van der Waals surface area contributed by atoms with Crippen LogP contribution in [0.3, 0.4) is 0 Å². The molecule has 2 nitrogen and oxygen atoms in total. The molecule has 5 heteroatoms. The highest BCUT2D eigenvalue weighted by atomic mass is 19.4. The number of hydrogen-bond donors (Lipinski definition) is 1. The SMILES string of the molecule is CCC.CNCc1cccc(OC(F)(F)F)c1. The lowest BCUT2D eigenvalue weighted by Gasteiger charge is -2.09. The molecule has 0 saturated heterocycles. The van der Waals surface area contributed by atoms with Crippen LogP contribution >= 0.6 is 0 Å². The lowest BCUT2D eigenvalue weighted by atomic mass is 10.2. The largest absolute Gasteiger partial charge is 0.573 e. The monoisotopic (exact) mass is 249 g/mol. The molecule has 0 aliphatic rings. The topological polar surface area (TPSA) is 21.3 Å². The molecule has 1 aromatic carbocycles. The van der Waals surface area contributed by atoms with Gasteiger partial charge in [-0.25, -0.2) is 0 Å². The molecule has 0 bridgehead atoms. The summed E-state index contributed by atoms with van der Waals surface area (Å²) in [6.07, 6.45) is -3.38. The van der Waals surface area contributed by atoms with Gasteiger partial charge in [-0.15, -0.1) is 13.2 Å². The van der Waals surface area contributed by atoms with Gasteiger partial charge in [-0.1, -0.05) is 32.4 Å². The van der Waals surface area contributed by atoms with Crippen LogP contribution in [0, 0.1) is 0 Å². The van der Waals surface area contributed by atoms with E-state index in [0.29, 0.717) is 6.54 Å². The fraction of sp³-hybridized carbons (Fsp3) is 0.500. The zero-order valence-electron chi connectivity index (χ0n) is 10.3. The summed E-state index contributed by atoms with van der Waals surface area (Å²) in [5, 5.41) is 2.84. The molecule has 98 valence electrons. The van der Waals surface area contributed by atoms with Crippen LogP contribution in [0.1, 0.15) is 25.8 Å². The Labute approximate surface area is 99.8 Å². The molecule has 0 atom stereocenters. The van der Waals surface area contributed by atoms with Crippen molar-refractivity contribution >= 4 is 0 Å². The Hall–Kier alpha value is -1.23. The fourth-order valence-electron chi connectivity index (χ4n) is 1.06. The minimum atomic E-state index is -4.63. The number of alkyl halides is 3. The maximum Gasteiger partial charge on any atom is 0.573 e. The maximum atomic E-state index is 11.8. The maximum absolute atomic E-state index is 11.8. The first-order valence-electron chi connectivity index (χ1n) is 5.42. The molecule has 0 aliphatic heterocycles. The number of benzene rings is 1. The van der Waals surface area contributed by atoms with Crippen molar-refractivity contribution in [2.24, 2.45) is 0 Å². The number of nitrogens with one attached hydrogen (secondary N) is 1. The van der Waals surface area contributed by atoms with Crippen LogP contribution in [0.4, 0.5) is 13.2 Å². The molecule has 0 amide bonds. The smallest absolute Gasteiger partial charge is 0.406 e. The van der Waals surface area contributed by atoms with E-state index >= 15 is 0 Å². The van der Waals surface area contributed by atoms with Crippen molar-refractivity contribution in [3.05, 3.63) is 29.8 Å². The lowest BCUT2D eigenvalue weighted by molar-refractivity contribution is -0.274. The van der Waals surface area contributed by atoms with Gasteiger partial charge in [-0.2, -0.15) is 0 Å². The van der Waals surface area contributed by atoms with Gasteiger partial charge in [0.1, 0.15) is 5.75 Å². The van der Waals surface area contributed by atoms with Crippen LogP contribution in [0.15, 0.2) is 24.3 Å². The molecule has 0 saturated carbocycles.